The first kappa shape index (κ1) is 9.88. The zero-order valence-corrected chi connectivity index (χ0v) is 10.1. The lowest BCUT2D eigenvalue weighted by atomic mass is 9.98. The largest absolute Gasteiger partial charge is 0.252 e. The summed E-state index contributed by atoms with van der Waals surface area (Å²) < 4.78 is 0. The predicted octanol–water partition coefficient (Wildman–Crippen LogP) is 0.151. The number of nitrogens with one attached hydrogen (secondary N) is 2. The number of benzene rings is 1. The van der Waals surface area contributed by atoms with Crippen molar-refractivity contribution in [2.45, 2.75) is 5.37 Å². The van der Waals surface area contributed by atoms with E-state index < -0.39 is 0 Å². The summed E-state index contributed by atoms with van der Waals surface area (Å²) in [5, 5.41) is 2.81. The minimum Gasteiger partial charge on any atom is -0.252 e. The van der Waals surface area contributed by atoms with Gasteiger partial charge in [-0.05, 0) is 16.9 Å². The topological polar surface area (TPSA) is 36.4 Å². The first-order chi connectivity index (χ1) is 8.42. The monoisotopic (exact) mass is 243 g/mol. The number of hydrogen-bond donors (Lipinski definition) is 2. The van der Waals surface area contributed by atoms with Crippen LogP contribution >= 0.6 is 11.8 Å². The summed E-state index contributed by atoms with van der Waals surface area (Å²) in [6, 6.07) is 8.40. The number of rotatable bonds is 0. The molecule has 0 bridgehead atoms. The lowest BCUT2D eigenvalue weighted by Gasteiger charge is -2.27. The smallest absolute Gasteiger partial charge is 0.0910 e. The highest BCUT2D eigenvalue weighted by Gasteiger charge is 2.32. The molecule has 0 aliphatic carbocycles. The lowest BCUT2D eigenvalue weighted by Crippen LogP contribution is -2.35. The van der Waals surface area contributed by atoms with Crippen molar-refractivity contribution in [3.05, 3.63) is 46.1 Å². The van der Waals surface area contributed by atoms with E-state index in [0.717, 1.165) is 17.7 Å². The van der Waals surface area contributed by atoms with Gasteiger partial charge in [-0.2, -0.15) is 0 Å². The van der Waals surface area contributed by atoms with Crippen LogP contribution in [0.3, 0.4) is 0 Å². The van der Waals surface area contributed by atoms with E-state index in [4.69, 9.17) is 4.99 Å². The van der Waals surface area contributed by atoms with E-state index in [1.807, 2.05) is 11.8 Å². The molecule has 1 aromatic carbocycles. The summed E-state index contributed by atoms with van der Waals surface area (Å²) in [6.07, 6.45) is 2.37. The number of hydrazine groups is 1. The summed E-state index contributed by atoms with van der Waals surface area (Å²) in [4.78, 5) is 4.87. The average molecular weight is 243 g/mol. The lowest BCUT2D eigenvalue weighted by molar-refractivity contribution is 0.667. The molecule has 2 N–H and O–H groups in total. The molecule has 2 unspecified atom stereocenters. The van der Waals surface area contributed by atoms with Crippen LogP contribution in [0.4, 0.5) is 0 Å². The molecule has 3 aliphatic rings. The van der Waals surface area contributed by atoms with E-state index in [9.17, 15) is 0 Å². The summed E-state index contributed by atoms with van der Waals surface area (Å²) in [5.41, 5.74) is 9.23. The van der Waals surface area contributed by atoms with Crippen LogP contribution in [0, 0.1) is 5.92 Å². The maximum atomic E-state index is 4.87. The highest BCUT2D eigenvalue weighted by molar-refractivity contribution is 8.00. The van der Waals surface area contributed by atoms with Crippen molar-refractivity contribution in [1.82, 2.24) is 10.9 Å². The molecule has 0 aromatic heterocycles. The van der Waals surface area contributed by atoms with Gasteiger partial charge < -0.3 is 0 Å². The van der Waals surface area contributed by atoms with E-state index in [0.29, 0.717) is 11.3 Å². The van der Waals surface area contributed by atoms with Crippen molar-refractivity contribution in [1.29, 1.82) is 0 Å². The Kier molecular flexibility index (Phi) is 2.15. The average Bonchev–Trinajstić information content (AvgIpc) is 2.85. The maximum Gasteiger partial charge on any atom is 0.0910 e. The van der Waals surface area contributed by atoms with E-state index in [2.05, 4.69) is 41.2 Å². The SMILES string of the molecule is C1=c2ccccc2=NC2=C3CNNC3SCC12. The van der Waals surface area contributed by atoms with Crippen LogP contribution in [-0.2, 0) is 0 Å². The molecular weight excluding hydrogens is 230 g/mol. The van der Waals surface area contributed by atoms with Gasteiger partial charge in [0.1, 0.15) is 0 Å². The summed E-state index contributed by atoms with van der Waals surface area (Å²) in [5.74, 6) is 1.61. The summed E-state index contributed by atoms with van der Waals surface area (Å²) in [6.45, 7) is 0.920. The molecule has 3 aliphatic heterocycles. The molecule has 1 fully saturated rings. The molecule has 4 rings (SSSR count). The predicted molar refractivity (Wildman–Crippen MR) is 69.6 cm³/mol. The van der Waals surface area contributed by atoms with Gasteiger partial charge in [-0.25, -0.2) is 5.43 Å². The fourth-order valence-corrected chi connectivity index (χ4v) is 3.89. The molecule has 17 heavy (non-hydrogen) atoms. The Hall–Kier alpha value is -1.10. The van der Waals surface area contributed by atoms with E-state index >= 15 is 0 Å². The minimum absolute atomic E-state index is 0.420. The Morgan fingerprint density at radius 2 is 2.24 bits per heavy atom. The fourth-order valence-electron chi connectivity index (χ4n) is 2.66. The van der Waals surface area contributed by atoms with Gasteiger partial charge in [-0.1, -0.05) is 24.3 Å². The quantitative estimate of drug-likeness (QED) is 0.681. The first-order valence-electron chi connectivity index (χ1n) is 5.90. The van der Waals surface area contributed by atoms with Crippen molar-refractivity contribution in [2.24, 2.45) is 10.9 Å². The van der Waals surface area contributed by atoms with Crippen LogP contribution in [0.5, 0.6) is 0 Å². The molecule has 0 saturated carbocycles. The van der Waals surface area contributed by atoms with E-state index in [-0.39, 0.29) is 0 Å². The Morgan fingerprint density at radius 1 is 1.29 bits per heavy atom. The summed E-state index contributed by atoms with van der Waals surface area (Å²) >= 11 is 1.97. The van der Waals surface area contributed by atoms with Gasteiger partial charge in [-0.3, -0.25) is 10.4 Å². The van der Waals surface area contributed by atoms with Crippen LogP contribution in [0.2, 0.25) is 0 Å². The van der Waals surface area contributed by atoms with Crippen molar-refractivity contribution in [2.75, 3.05) is 12.3 Å². The molecule has 2 atom stereocenters. The van der Waals surface area contributed by atoms with Crippen LogP contribution < -0.4 is 21.4 Å². The molecule has 3 nitrogen and oxygen atoms in total. The highest BCUT2D eigenvalue weighted by atomic mass is 32.2. The van der Waals surface area contributed by atoms with Crippen LogP contribution in [0.25, 0.3) is 6.08 Å². The number of allylic oxidation sites excluding steroid dienone is 1. The Labute approximate surface area is 104 Å². The van der Waals surface area contributed by atoms with Crippen LogP contribution in [0.1, 0.15) is 0 Å². The zero-order valence-electron chi connectivity index (χ0n) is 9.31. The van der Waals surface area contributed by atoms with Crippen molar-refractivity contribution < 1.29 is 0 Å². The molecule has 0 spiro atoms. The molecule has 0 amide bonds. The fraction of sp³-hybridized carbons (Fsp3) is 0.308. The highest BCUT2D eigenvalue weighted by Crippen LogP contribution is 2.36. The van der Waals surface area contributed by atoms with Gasteiger partial charge in [0.25, 0.3) is 0 Å². The van der Waals surface area contributed by atoms with Gasteiger partial charge in [-0.15, -0.1) is 11.8 Å². The third-order valence-corrected chi connectivity index (χ3v) is 4.80. The molecule has 86 valence electrons. The van der Waals surface area contributed by atoms with Gasteiger partial charge in [0.2, 0.25) is 0 Å². The second-order valence-corrected chi connectivity index (χ2v) is 5.70. The van der Waals surface area contributed by atoms with Gasteiger partial charge in [0.15, 0.2) is 0 Å². The molecule has 1 aromatic rings. The maximum absolute atomic E-state index is 4.87. The third kappa shape index (κ3) is 1.48. The normalized spacial score (nSPS) is 29.9. The molecule has 1 saturated heterocycles. The van der Waals surface area contributed by atoms with Gasteiger partial charge >= 0.3 is 0 Å². The number of hydrogen-bond acceptors (Lipinski definition) is 4. The Morgan fingerprint density at radius 3 is 3.24 bits per heavy atom. The van der Waals surface area contributed by atoms with Crippen molar-refractivity contribution in [3.63, 3.8) is 0 Å². The minimum atomic E-state index is 0.420. The van der Waals surface area contributed by atoms with Crippen molar-refractivity contribution >= 4 is 17.8 Å². The first-order valence-corrected chi connectivity index (χ1v) is 6.95. The second-order valence-electron chi connectivity index (χ2n) is 4.57. The molecule has 4 heteroatoms. The number of fused-ring (bicyclic) bond motifs is 3. The third-order valence-electron chi connectivity index (χ3n) is 3.51. The standard InChI is InChI=1S/C13H13N3S/c1-2-4-11-8(3-1)5-9-7-17-13-10(6-14-16-13)12(9)15-11/h1-5,9,13-14,16H,6-7H2. The van der Waals surface area contributed by atoms with E-state index in [1.54, 1.807) is 0 Å². The van der Waals surface area contributed by atoms with E-state index in [1.165, 1.54) is 16.5 Å². The van der Waals surface area contributed by atoms with Gasteiger partial charge in [0.05, 0.1) is 16.4 Å². The van der Waals surface area contributed by atoms with Crippen LogP contribution in [0.15, 0.2) is 40.5 Å². The molecule has 0 radical (unpaired) electrons. The zero-order chi connectivity index (χ0) is 11.2. The molecular formula is C13H13N3S. The van der Waals surface area contributed by atoms with Crippen molar-refractivity contribution in [3.8, 4) is 0 Å². The van der Waals surface area contributed by atoms with Gasteiger partial charge in [0, 0.05) is 18.2 Å². The van der Waals surface area contributed by atoms with Crippen LogP contribution in [-0.4, -0.2) is 17.7 Å². The number of nitrogens with zero attached hydrogens (tertiary/aromatic N) is 1. The molecule has 3 heterocycles. The Balaban J connectivity index is 1.97. The summed E-state index contributed by atoms with van der Waals surface area (Å²) in [7, 11) is 0. The Bertz CT molecular complexity index is 620. The second kappa shape index (κ2) is 3.70. The number of thioether (sulfide) groups is 1. The number of para-hydroxylation sites is 1.